The average molecular weight is 318 g/mol. The van der Waals surface area contributed by atoms with Crippen molar-refractivity contribution in [2.24, 2.45) is 0 Å². The first-order valence-electron chi connectivity index (χ1n) is 5.87. The third kappa shape index (κ3) is 3.78. The van der Waals surface area contributed by atoms with Crippen LogP contribution in [0.15, 0.2) is 22.7 Å². The fourth-order valence-electron chi connectivity index (χ4n) is 1.48. The summed E-state index contributed by atoms with van der Waals surface area (Å²) in [5, 5.41) is 12.6. The van der Waals surface area contributed by atoms with Gasteiger partial charge in [-0.3, -0.25) is 4.79 Å². The van der Waals surface area contributed by atoms with Crippen LogP contribution >= 0.6 is 15.9 Å². The number of nitrogens with one attached hydrogen (secondary N) is 1. The van der Waals surface area contributed by atoms with Gasteiger partial charge in [0, 0.05) is 12.1 Å². The third-order valence-electron chi connectivity index (χ3n) is 3.08. The first kappa shape index (κ1) is 15.1. The molecule has 0 unspecified atom stereocenters. The smallest absolute Gasteiger partial charge is 0.251 e. The molecule has 1 aromatic rings. The molecule has 1 rings (SSSR count). The number of rotatable bonds is 5. The Hall–Kier alpha value is -0.940. The highest BCUT2D eigenvalue weighted by atomic mass is 79.9. The molecule has 0 aliphatic rings. The topological polar surface area (TPSA) is 49.3 Å². The number of aliphatic hydroxyl groups is 1. The van der Waals surface area contributed by atoms with E-state index in [1.807, 2.05) is 13.8 Å². The van der Waals surface area contributed by atoms with Crippen LogP contribution in [0.3, 0.4) is 0 Å². The minimum Gasteiger partial charge on any atom is -0.388 e. The molecule has 3 nitrogen and oxygen atoms in total. The standard InChI is InChI=1S/C13H17BrFNO2/c1-3-13(18,4-2)8-16-12(17)9-5-6-10(14)11(15)7-9/h5-7,18H,3-4,8H2,1-2H3,(H,16,17). The Morgan fingerprint density at radius 3 is 2.56 bits per heavy atom. The average Bonchev–Trinajstić information content (AvgIpc) is 2.38. The van der Waals surface area contributed by atoms with Crippen LogP contribution in [0, 0.1) is 5.82 Å². The molecule has 0 heterocycles. The molecule has 0 aliphatic carbocycles. The van der Waals surface area contributed by atoms with Gasteiger partial charge in [0.05, 0.1) is 10.1 Å². The van der Waals surface area contributed by atoms with Gasteiger partial charge < -0.3 is 10.4 Å². The molecule has 0 spiro atoms. The Morgan fingerprint density at radius 2 is 2.06 bits per heavy atom. The lowest BCUT2D eigenvalue weighted by atomic mass is 9.97. The van der Waals surface area contributed by atoms with Crippen molar-refractivity contribution >= 4 is 21.8 Å². The van der Waals surface area contributed by atoms with Gasteiger partial charge in [0.2, 0.25) is 0 Å². The molecule has 0 aromatic heterocycles. The maximum absolute atomic E-state index is 13.3. The molecular formula is C13H17BrFNO2. The Bertz CT molecular complexity index is 433. The van der Waals surface area contributed by atoms with Gasteiger partial charge >= 0.3 is 0 Å². The van der Waals surface area contributed by atoms with E-state index in [4.69, 9.17) is 0 Å². The second-order valence-corrected chi connectivity index (χ2v) is 5.10. The Kier molecular flexibility index (Phi) is 5.28. The van der Waals surface area contributed by atoms with E-state index in [1.165, 1.54) is 12.1 Å². The first-order valence-corrected chi connectivity index (χ1v) is 6.67. The van der Waals surface area contributed by atoms with Gasteiger partial charge in [0.15, 0.2) is 0 Å². The van der Waals surface area contributed by atoms with Crippen molar-refractivity contribution in [3.8, 4) is 0 Å². The number of carbonyl (C=O) groups excluding carboxylic acids is 1. The molecule has 0 fully saturated rings. The van der Waals surface area contributed by atoms with Crippen molar-refractivity contribution < 1.29 is 14.3 Å². The minimum absolute atomic E-state index is 0.163. The van der Waals surface area contributed by atoms with Gasteiger partial charge in [-0.1, -0.05) is 13.8 Å². The quantitative estimate of drug-likeness (QED) is 0.877. The molecule has 0 atom stereocenters. The number of halogens is 2. The summed E-state index contributed by atoms with van der Waals surface area (Å²) in [5.74, 6) is -0.870. The van der Waals surface area contributed by atoms with Crippen molar-refractivity contribution in [3.63, 3.8) is 0 Å². The summed E-state index contributed by atoms with van der Waals surface area (Å²) in [5.41, 5.74) is -0.658. The molecular weight excluding hydrogens is 301 g/mol. The van der Waals surface area contributed by atoms with Gasteiger partial charge in [-0.05, 0) is 47.0 Å². The zero-order valence-electron chi connectivity index (χ0n) is 10.5. The summed E-state index contributed by atoms with van der Waals surface area (Å²) >= 11 is 3.02. The van der Waals surface area contributed by atoms with Crippen molar-refractivity contribution in [1.29, 1.82) is 0 Å². The zero-order chi connectivity index (χ0) is 13.8. The Morgan fingerprint density at radius 1 is 1.44 bits per heavy atom. The molecule has 18 heavy (non-hydrogen) atoms. The second-order valence-electron chi connectivity index (χ2n) is 4.24. The monoisotopic (exact) mass is 317 g/mol. The number of hydrogen-bond acceptors (Lipinski definition) is 2. The van der Waals surface area contributed by atoms with Crippen molar-refractivity contribution in [2.45, 2.75) is 32.3 Å². The summed E-state index contributed by atoms with van der Waals surface area (Å²) in [6.07, 6.45) is 1.11. The molecule has 2 N–H and O–H groups in total. The highest BCUT2D eigenvalue weighted by molar-refractivity contribution is 9.10. The van der Waals surface area contributed by atoms with Crippen molar-refractivity contribution in [1.82, 2.24) is 5.32 Å². The summed E-state index contributed by atoms with van der Waals surface area (Å²) in [4.78, 5) is 11.8. The molecule has 5 heteroatoms. The van der Waals surface area contributed by atoms with Gasteiger partial charge in [0.1, 0.15) is 5.82 Å². The number of carbonyl (C=O) groups is 1. The molecule has 0 aliphatic heterocycles. The fourth-order valence-corrected chi connectivity index (χ4v) is 1.73. The summed E-state index contributed by atoms with van der Waals surface area (Å²) in [6, 6.07) is 4.17. The van der Waals surface area contributed by atoms with E-state index in [2.05, 4.69) is 21.2 Å². The number of hydrogen-bond donors (Lipinski definition) is 2. The molecule has 1 amide bonds. The molecule has 0 saturated carbocycles. The summed E-state index contributed by atoms with van der Waals surface area (Å²) < 4.78 is 13.6. The van der Waals surface area contributed by atoms with Crippen LogP contribution in [0.2, 0.25) is 0 Å². The van der Waals surface area contributed by atoms with Crippen molar-refractivity contribution in [2.75, 3.05) is 6.54 Å². The highest BCUT2D eigenvalue weighted by Gasteiger charge is 2.23. The third-order valence-corrected chi connectivity index (χ3v) is 3.72. The van der Waals surface area contributed by atoms with Crippen LogP contribution in [0.5, 0.6) is 0 Å². The van der Waals surface area contributed by atoms with Gasteiger partial charge in [-0.15, -0.1) is 0 Å². The van der Waals surface area contributed by atoms with Gasteiger partial charge in [-0.25, -0.2) is 4.39 Å². The van der Waals surface area contributed by atoms with Crippen LogP contribution in [-0.2, 0) is 0 Å². The lowest BCUT2D eigenvalue weighted by Crippen LogP contribution is -2.42. The Labute approximate surface area is 115 Å². The number of amides is 1. The fraction of sp³-hybridized carbons (Fsp3) is 0.462. The van der Waals surface area contributed by atoms with Crippen LogP contribution in [0.4, 0.5) is 4.39 Å². The van der Waals surface area contributed by atoms with Crippen LogP contribution in [-0.4, -0.2) is 23.2 Å². The highest BCUT2D eigenvalue weighted by Crippen LogP contribution is 2.17. The van der Waals surface area contributed by atoms with Gasteiger partial charge in [-0.2, -0.15) is 0 Å². The summed E-state index contributed by atoms with van der Waals surface area (Å²) in [7, 11) is 0. The molecule has 1 aromatic carbocycles. The number of benzene rings is 1. The SMILES string of the molecule is CCC(O)(CC)CNC(=O)c1ccc(Br)c(F)c1. The largest absolute Gasteiger partial charge is 0.388 e. The minimum atomic E-state index is -0.899. The van der Waals surface area contributed by atoms with Crippen molar-refractivity contribution in [3.05, 3.63) is 34.1 Å². The lowest BCUT2D eigenvalue weighted by molar-refractivity contribution is 0.0314. The van der Waals surface area contributed by atoms with E-state index in [-0.39, 0.29) is 18.0 Å². The molecule has 100 valence electrons. The van der Waals surface area contributed by atoms with Gasteiger partial charge in [0.25, 0.3) is 5.91 Å². The van der Waals surface area contributed by atoms with E-state index in [9.17, 15) is 14.3 Å². The molecule has 0 saturated heterocycles. The predicted molar refractivity (Wildman–Crippen MR) is 72.0 cm³/mol. The Balaban J connectivity index is 2.68. The van der Waals surface area contributed by atoms with E-state index in [1.54, 1.807) is 0 Å². The summed E-state index contributed by atoms with van der Waals surface area (Å²) in [6.45, 7) is 3.88. The maximum atomic E-state index is 13.3. The predicted octanol–water partition coefficient (Wildman–Crippen LogP) is 2.87. The van der Waals surface area contributed by atoms with Crippen LogP contribution in [0.1, 0.15) is 37.0 Å². The van der Waals surface area contributed by atoms with Crippen LogP contribution in [0.25, 0.3) is 0 Å². The molecule has 0 radical (unpaired) electrons. The first-order chi connectivity index (χ1) is 8.41. The maximum Gasteiger partial charge on any atom is 0.251 e. The van der Waals surface area contributed by atoms with E-state index in [0.717, 1.165) is 6.07 Å². The molecule has 0 bridgehead atoms. The lowest BCUT2D eigenvalue weighted by Gasteiger charge is -2.25. The van der Waals surface area contributed by atoms with E-state index < -0.39 is 11.4 Å². The van der Waals surface area contributed by atoms with E-state index in [0.29, 0.717) is 17.3 Å². The second kappa shape index (κ2) is 6.29. The van der Waals surface area contributed by atoms with Crippen LogP contribution < -0.4 is 5.32 Å². The van der Waals surface area contributed by atoms with E-state index >= 15 is 0 Å². The normalized spacial score (nSPS) is 11.4. The zero-order valence-corrected chi connectivity index (χ0v) is 12.1.